The van der Waals surface area contributed by atoms with Gasteiger partial charge in [-0.25, -0.2) is 17.2 Å². The summed E-state index contributed by atoms with van der Waals surface area (Å²) in [6.07, 6.45) is 0.879. The lowest BCUT2D eigenvalue weighted by molar-refractivity contribution is -0.116. The third-order valence-corrected chi connectivity index (χ3v) is 4.83. The molecular weight excluding hydrogens is 366 g/mol. The first kappa shape index (κ1) is 19.6. The minimum atomic E-state index is -3.94. The molecule has 1 amide bonds. The molecule has 9 heteroatoms. The molecule has 0 aliphatic carbocycles. The summed E-state index contributed by atoms with van der Waals surface area (Å²) in [5.74, 6) is -2.46. The van der Waals surface area contributed by atoms with E-state index in [1.54, 1.807) is 24.3 Å². The standard InChI is InChI=1S/C17H18F2N2O4S/c1-11(17(22)20-12-5-4-6-14(9-12)25-2)21(26(3,23)24)13-7-8-15(18)16(19)10-13/h4-11H,1-3H3,(H,20,22)/t11-/m0/s1. The van der Waals surface area contributed by atoms with Crippen molar-refractivity contribution >= 4 is 27.3 Å². The van der Waals surface area contributed by atoms with Crippen molar-refractivity contribution in [2.45, 2.75) is 13.0 Å². The van der Waals surface area contributed by atoms with Crippen LogP contribution in [-0.2, 0) is 14.8 Å². The Kier molecular flexibility index (Phi) is 5.81. The average Bonchev–Trinajstić information content (AvgIpc) is 2.57. The van der Waals surface area contributed by atoms with Gasteiger partial charge in [0.05, 0.1) is 19.1 Å². The molecule has 0 unspecified atom stereocenters. The molecule has 1 N–H and O–H groups in total. The Balaban J connectivity index is 2.32. The predicted molar refractivity (Wildman–Crippen MR) is 94.8 cm³/mol. The Hall–Kier alpha value is -2.68. The summed E-state index contributed by atoms with van der Waals surface area (Å²) in [6, 6.07) is 7.92. The van der Waals surface area contributed by atoms with Crippen LogP contribution in [0.4, 0.5) is 20.2 Å². The number of anilines is 2. The number of benzene rings is 2. The second-order valence-corrected chi connectivity index (χ2v) is 7.41. The molecule has 0 saturated carbocycles. The Morgan fingerprint density at radius 1 is 1.15 bits per heavy atom. The zero-order chi connectivity index (χ0) is 19.5. The maximum absolute atomic E-state index is 13.5. The quantitative estimate of drug-likeness (QED) is 0.831. The second kappa shape index (κ2) is 7.69. The Labute approximate surface area is 150 Å². The Morgan fingerprint density at radius 3 is 2.42 bits per heavy atom. The third-order valence-electron chi connectivity index (χ3n) is 3.58. The molecule has 0 heterocycles. The molecule has 0 radical (unpaired) electrons. The molecule has 2 aromatic rings. The highest BCUT2D eigenvalue weighted by molar-refractivity contribution is 7.92. The van der Waals surface area contributed by atoms with Crippen LogP contribution in [0.25, 0.3) is 0 Å². The highest BCUT2D eigenvalue weighted by atomic mass is 32.2. The fourth-order valence-electron chi connectivity index (χ4n) is 2.38. The van der Waals surface area contributed by atoms with E-state index >= 15 is 0 Å². The van der Waals surface area contributed by atoms with Gasteiger partial charge in [-0.3, -0.25) is 9.10 Å². The van der Waals surface area contributed by atoms with Crippen LogP contribution in [0.5, 0.6) is 5.75 Å². The van der Waals surface area contributed by atoms with Gasteiger partial charge in [-0.2, -0.15) is 0 Å². The molecule has 0 fully saturated rings. The normalized spacial score (nSPS) is 12.3. The van der Waals surface area contributed by atoms with Crippen LogP contribution in [0.1, 0.15) is 6.92 Å². The van der Waals surface area contributed by atoms with Crippen LogP contribution in [0.15, 0.2) is 42.5 Å². The zero-order valence-electron chi connectivity index (χ0n) is 14.4. The van der Waals surface area contributed by atoms with Crippen LogP contribution in [0, 0.1) is 11.6 Å². The number of rotatable bonds is 6. The van der Waals surface area contributed by atoms with Crippen molar-refractivity contribution in [2.75, 3.05) is 23.0 Å². The van der Waals surface area contributed by atoms with Gasteiger partial charge in [0, 0.05) is 17.8 Å². The number of nitrogens with zero attached hydrogens (tertiary/aromatic N) is 1. The molecule has 26 heavy (non-hydrogen) atoms. The summed E-state index contributed by atoms with van der Waals surface area (Å²) in [4.78, 5) is 12.5. The van der Waals surface area contributed by atoms with Crippen molar-refractivity contribution in [3.63, 3.8) is 0 Å². The average molecular weight is 384 g/mol. The smallest absolute Gasteiger partial charge is 0.247 e. The van der Waals surface area contributed by atoms with Crippen molar-refractivity contribution in [3.8, 4) is 5.75 Å². The number of sulfonamides is 1. The highest BCUT2D eigenvalue weighted by Crippen LogP contribution is 2.24. The number of hydrogen-bond donors (Lipinski definition) is 1. The van der Waals surface area contributed by atoms with E-state index in [4.69, 9.17) is 4.74 Å². The maximum atomic E-state index is 13.5. The van der Waals surface area contributed by atoms with Gasteiger partial charge in [0.1, 0.15) is 11.8 Å². The number of nitrogens with one attached hydrogen (secondary N) is 1. The molecule has 0 aliphatic rings. The molecule has 0 aromatic heterocycles. The summed E-state index contributed by atoms with van der Waals surface area (Å²) in [7, 11) is -2.47. The summed E-state index contributed by atoms with van der Waals surface area (Å²) in [6.45, 7) is 1.35. The first-order valence-corrected chi connectivity index (χ1v) is 9.37. The minimum Gasteiger partial charge on any atom is -0.497 e. The number of ether oxygens (including phenoxy) is 1. The van der Waals surface area contributed by atoms with Gasteiger partial charge < -0.3 is 10.1 Å². The minimum absolute atomic E-state index is 0.153. The molecule has 6 nitrogen and oxygen atoms in total. The van der Waals surface area contributed by atoms with E-state index in [2.05, 4.69) is 5.32 Å². The molecule has 0 bridgehead atoms. The van der Waals surface area contributed by atoms with Gasteiger partial charge >= 0.3 is 0 Å². The summed E-state index contributed by atoms with van der Waals surface area (Å²) < 4.78 is 56.7. The number of halogens is 2. The SMILES string of the molecule is COc1cccc(NC(=O)[C@H](C)N(c2ccc(F)c(F)c2)S(C)(=O)=O)c1. The lowest BCUT2D eigenvalue weighted by Crippen LogP contribution is -2.45. The van der Waals surface area contributed by atoms with Crippen LogP contribution in [-0.4, -0.2) is 33.7 Å². The maximum Gasteiger partial charge on any atom is 0.247 e. The van der Waals surface area contributed by atoms with Crippen molar-refractivity contribution < 1.29 is 26.7 Å². The molecule has 0 aliphatic heterocycles. The molecule has 0 saturated heterocycles. The molecule has 2 aromatic carbocycles. The second-order valence-electron chi connectivity index (χ2n) is 5.55. The summed E-state index contributed by atoms with van der Waals surface area (Å²) >= 11 is 0. The number of carbonyl (C=O) groups is 1. The molecular formula is C17H18F2N2O4S. The van der Waals surface area contributed by atoms with Gasteiger partial charge in [-0.1, -0.05) is 6.07 Å². The van der Waals surface area contributed by atoms with Crippen LogP contribution in [0.3, 0.4) is 0 Å². The summed E-state index contributed by atoms with van der Waals surface area (Å²) in [5.41, 5.74) is 0.250. The van der Waals surface area contributed by atoms with E-state index < -0.39 is 33.6 Å². The first-order chi connectivity index (χ1) is 12.1. The van der Waals surface area contributed by atoms with Gasteiger partial charge in [0.15, 0.2) is 11.6 Å². The van der Waals surface area contributed by atoms with Gasteiger partial charge in [0.25, 0.3) is 0 Å². The van der Waals surface area contributed by atoms with E-state index in [1.807, 2.05) is 0 Å². The fourth-order valence-corrected chi connectivity index (χ4v) is 3.55. The lowest BCUT2D eigenvalue weighted by Gasteiger charge is -2.28. The fraction of sp³-hybridized carbons (Fsp3) is 0.235. The lowest BCUT2D eigenvalue weighted by atomic mass is 10.2. The van der Waals surface area contributed by atoms with Crippen LogP contribution < -0.4 is 14.4 Å². The number of carbonyl (C=O) groups excluding carboxylic acids is 1. The Bertz CT molecular complexity index is 919. The Morgan fingerprint density at radius 2 is 1.85 bits per heavy atom. The molecule has 2 rings (SSSR count). The largest absolute Gasteiger partial charge is 0.497 e. The number of hydrogen-bond acceptors (Lipinski definition) is 4. The van der Waals surface area contributed by atoms with Gasteiger partial charge in [0.2, 0.25) is 15.9 Å². The first-order valence-electron chi connectivity index (χ1n) is 7.53. The van der Waals surface area contributed by atoms with Crippen LogP contribution >= 0.6 is 0 Å². The van der Waals surface area contributed by atoms with Crippen LogP contribution in [0.2, 0.25) is 0 Å². The van der Waals surface area contributed by atoms with Crippen molar-refractivity contribution in [1.82, 2.24) is 0 Å². The van der Waals surface area contributed by atoms with E-state index in [0.717, 1.165) is 28.8 Å². The monoisotopic (exact) mass is 384 g/mol. The highest BCUT2D eigenvalue weighted by Gasteiger charge is 2.29. The van der Waals surface area contributed by atoms with Gasteiger partial charge in [-0.15, -0.1) is 0 Å². The topological polar surface area (TPSA) is 75.7 Å². The van der Waals surface area contributed by atoms with Crippen molar-refractivity contribution in [3.05, 3.63) is 54.1 Å². The number of methoxy groups -OCH3 is 1. The molecule has 1 atom stereocenters. The third kappa shape index (κ3) is 4.48. The van der Waals surface area contributed by atoms with Crippen molar-refractivity contribution in [1.29, 1.82) is 0 Å². The van der Waals surface area contributed by atoms with E-state index in [9.17, 15) is 22.0 Å². The van der Waals surface area contributed by atoms with E-state index in [0.29, 0.717) is 11.4 Å². The van der Waals surface area contributed by atoms with E-state index in [-0.39, 0.29) is 5.69 Å². The van der Waals surface area contributed by atoms with Crippen molar-refractivity contribution in [2.24, 2.45) is 0 Å². The molecule has 140 valence electrons. The predicted octanol–water partition coefficient (Wildman–Crippen LogP) is 2.77. The zero-order valence-corrected chi connectivity index (χ0v) is 15.2. The van der Waals surface area contributed by atoms with E-state index in [1.165, 1.54) is 14.0 Å². The summed E-state index contributed by atoms with van der Waals surface area (Å²) in [5, 5.41) is 2.57. The molecule has 0 spiro atoms. The number of amides is 1. The van der Waals surface area contributed by atoms with Gasteiger partial charge in [-0.05, 0) is 31.2 Å².